The first-order valence-electron chi connectivity index (χ1n) is 17.4. The number of methoxy groups -OCH3 is 2. The van der Waals surface area contributed by atoms with E-state index in [1.165, 1.54) is 20.4 Å². The second-order valence-corrected chi connectivity index (χ2v) is 15.2. The smallest absolute Gasteiger partial charge is 0.284 e. The molecule has 2 unspecified atom stereocenters. The van der Waals surface area contributed by atoms with Crippen molar-refractivity contribution in [2.24, 2.45) is 7.05 Å². The van der Waals surface area contributed by atoms with Crippen molar-refractivity contribution in [2.45, 2.75) is 50.4 Å². The molecule has 0 radical (unpaired) electrons. The zero-order chi connectivity index (χ0) is 38.6. The van der Waals surface area contributed by atoms with Gasteiger partial charge in [0.05, 0.1) is 42.6 Å². The number of nitrogens with zero attached hydrogens (tertiary/aromatic N) is 4. The van der Waals surface area contributed by atoms with E-state index in [0.29, 0.717) is 50.7 Å². The summed E-state index contributed by atoms with van der Waals surface area (Å²) in [4.78, 5) is 69.2. The van der Waals surface area contributed by atoms with Crippen LogP contribution in [0.15, 0.2) is 47.4 Å². The predicted molar refractivity (Wildman–Crippen MR) is 199 cm³/mol. The number of imide groups is 1. The summed E-state index contributed by atoms with van der Waals surface area (Å²) >= 11 is 1.05. The molecule has 16 heteroatoms. The number of nitrogens with one attached hydrogen (secondary N) is 2. The molecule has 3 aliphatic heterocycles. The summed E-state index contributed by atoms with van der Waals surface area (Å²) < 4.78 is 44.9. The molecule has 0 saturated carbocycles. The number of piperidine rings is 2. The molecular formula is C38H40F2N6O7S. The van der Waals surface area contributed by atoms with Crippen molar-refractivity contribution < 1.29 is 37.4 Å². The maximum Gasteiger partial charge on any atom is 0.284 e. The number of hydrogen-bond donors (Lipinski definition) is 2. The minimum Gasteiger partial charge on any atom is -0.496 e. The van der Waals surface area contributed by atoms with Crippen molar-refractivity contribution in [3.05, 3.63) is 74.5 Å². The van der Waals surface area contributed by atoms with Crippen LogP contribution in [-0.2, 0) is 29.7 Å². The van der Waals surface area contributed by atoms with Gasteiger partial charge in [0.25, 0.3) is 23.3 Å². The lowest BCUT2D eigenvalue weighted by molar-refractivity contribution is -0.136. The summed E-state index contributed by atoms with van der Waals surface area (Å²) in [6, 6.07) is 7.82. The summed E-state index contributed by atoms with van der Waals surface area (Å²) in [5.74, 6) is -4.18. The highest BCUT2D eigenvalue weighted by molar-refractivity contribution is 7.21. The number of hydrogen-bond acceptors (Lipinski definition) is 10. The summed E-state index contributed by atoms with van der Waals surface area (Å²) in [6.07, 6.45) is 1.94. The quantitative estimate of drug-likeness (QED) is 0.244. The standard InChI is InChI=1S/C38H40F2N6O7S/c1-43(2)17-26-28(52-4)12-21(13-29(26)53-5)25-18-44(3)36(50)24-15-30(54-33(24)25)35(49)41-31-10-11-45(19-38(31,39)40)22-7-6-20-16-46(37(51)23(20)14-22)27-8-9-32(47)42-34(27)48/h6-7,12-15,18,27,31H,8-11,16-17,19H2,1-5H3,(H,41,49)(H,42,47,48). The number of thiophene rings is 1. The van der Waals surface area contributed by atoms with Gasteiger partial charge in [0.2, 0.25) is 11.8 Å². The molecule has 0 spiro atoms. The van der Waals surface area contributed by atoms with Crippen molar-refractivity contribution in [2.75, 3.05) is 46.3 Å². The van der Waals surface area contributed by atoms with E-state index in [1.54, 1.807) is 45.7 Å². The molecule has 2 N–H and O–H groups in total. The van der Waals surface area contributed by atoms with Crippen LogP contribution in [0.1, 0.15) is 50.4 Å². The van der Waals surface area contributed by atoms with E-state index in [-0.39, 0.29) is 54.1 Å². The number of anilines is 1. The number of alkyl halides is 2. The van der Waals surface area contributed by atoms with E-state index in [4.69, 9.17) is 9.47 Å². The Labute approximate surface area is 313 Å². The van der Waals surface area contributed by atoms with Crippen molar-refractivity contribution in [1.82, 2.24) is 25.0 Å². The summed E-state index contributed by atoms with van der Waals surface area (Å²) in [6.45, 7) is 0.212. The number of aromatic nitrogens is 1. The predicted octanol–water partition coefficient (Wildman–Crippen LogP) is 3.75. The number of benzene rings is 2. The van der Waals surface area contributed by atoms with Gasteiger partial charge in [-0.3, -0.25) is 29.3 Å². The van der Waals surface area contributed by atoms with Gasteiger partial charge >= 0.3 is 0 Å². The second kappa shape index (κ2) is 14.1. The number of rotatable bonds is 9. The molecular weight excluding hydrogens is 723 g/mol. The van der Waals surface area contributed by atoms with Crippen molar-refractivity contribution in [1.29, 1.82) is 0 Å². The van der Waals surface area contributed by atoms with Gasteiger partial charge in [0.1, 0.15) is 17.5 Å². The minimum absolute atomic E-state index is 0.0804. The third-order valence-electron chi connectivity index (χ3n) is 10.2. The molecule has 2 fully saturated rings. The highest BCUT2D eigenvalue weighted by atomic mass is 32.1. The van der Waals surface area contributed by atoms with Crippen molar-refractivity contribution in [3.63, 3.8) is 0 Å². The Morgan fingerprint density at radius 1 is 1.04 bits per heavy atom. The molecule has 0 bridgehead atoms. The lowest BCUT2D eigenvalue weighted by atomic mass is 9.99. The molecule has 3 aliphatic rings. The summed E-state index contributed by atoms with van der Waals surface area (Å²) in [7, 11) is 8.59. The van der Waals surface area contributed by atoms with E-state index in [2.05, 4.69) is 10.6 Å². The Bertz CT molecular complexity index is 2240. The number of ether oxygens (including phenoxy) is 2. The van der Waals surface area contributed by atoms with Crippen molar-refractivity contribution in [3.8, 4) is 22.6 Å². The Hall–Kier alpha value is -5.35. The SMILES string of the molecule is COc1cc(-c2cn(C)c(=O)c3cc(C(=O)NC4CCN(c5ccc6c(c5)C(=O)N(C5CCC(=O)NC5=O)C6)CC4(F)F)sc23)cc(OC)c1CN(C)C. The molecule has 2 saturated heterocycles. The minimum atomic E-state index is -3.34. The van der Waals surface area contributed by atoms with Gasteiger partial charge in [-0.25, -0.2) is 8.78 Å². The first-order valence-corrected chi connectivity index (χ1v) is 18.2. The van der Waals surface area contributed by atoms with Crippen LogP contribution in [0.3, 0.4) is 0 Å². The van der Waals surface area contributed by atoms with Crippen LogP contribution in [-0.4, -0.2) is 97.4 Å². The molecule has 2 aromatic heterocycles. The molecule has 4 amide bonds. The number of fused-ring (bicyclic) bond motifs is 2. The van der Waals surface area contributed by atoms with Gasteiger partial charge in [-0.1, -0.05) is 6.07 Å². The van der Waals surface area contributed by atoms with E-state index < -0.39 is 42.3 Å². The number of carbonyl (C=O) groups is 4. The van der Waals surface area contributed by atoms with Gasteiger partial charge in [-0.15, -0.1) is 11.3 Å². The number of aryl methyl sites for hydroxylation is 1. The van der Waals surface area contributed by atoms with Gasteiger partial charge in [0, 0.05) is 60.8 Å². The monoisotopic (exact) mass is 762 g/mol. The number of amides is 4. The lowest BCUT2D eigenvalue weighted by Gasteiger charge is -2.39. The van der Waals surface area contributed by atoms with Crippen LogP contribution in [0.25, 0.3) is 21.2 Å². The summed E-state index contributed by atoms with van der Waals surface area (Å²) in [5, 5.41) is 5.08. The van der Waals surface area contributed by atoms with Crippen LogP contribution in [0.2, 0.25) is 0 Å². The van der Waals surface area contributed by atoms with Crippen LogP contribution in [0, 0.1) is 0 Å². The average Bonchev–Trinajstić information content (AvgIpc) is 3.72. The Morgan fingerprint density at radius 2 is 1.76 bits per heavy atom. The highest BCUT2D eigenvalue weighted by Gasteiger charge is 2.46. The molecule has 5 heterocycles. The van der Waals surface area contributed by atoms with Crippen LogP contribution in [0.4, 0.5) is 14.5 Å². The van der Waals surface area contributed by atoms with E-state index in [1.807, 2.05) is 31.1 Å². The average molecular weight is 763 g/mol. The first-order chi connectivity index (χ1) is 25.7. The molecule has 13 nitrogen and oxygen atoms in total. The number of carbonyl (C=O) groups excluding carboxylic acids is 4. The fourth-order valence-electron chi connectivity index (χ4n) is 7.49. The second-order valence-electron chi connectivity index (χ2n) is 14.1. The normalized spacial score (nSPS) is 19.7. The fraction of sp³-hybridized carbons (Fsp3) is 0.395. The Kier molecular flexibility index (Phi) is 9.68. The van der Waals surface area contributed by atoms with Gasteiger partial charge in [-0.2, -0.15) is 0 Å². The fourth-order valence-corrected chi connectivity index (χ4v) is 8.57. The lowest BCUT2D eigenvalue weighted by Crippen LogP contribution is -2.58. The van der Waals surface area contributed by atoms with Gasteiger partial charge in [0.15, 0.2) is 0 Å². The third kappa shape index (κ3) is 6.68. The Morgan fingerprint density at radius 3 is 2.41 bits per heavy atom. The van der Waals surface area contributed by atoms with Crippen molar-refractivity contribution >= 4 is 50.7 Å². The van der Waals surface area contributed by atoms with Crippen LogP contribution in [0.5, 0.6) is 11.5 Å². The number of pyridine rings is 1. The van der Waals surface area contributed by atoms with E-state index in [9.17, 15) is 24.0 Å². The molecule has 0 aliphatic carbocycles. The third-order valence-corrected chi connectivity index (χ3v) is 11.4. The molecule has 7 rings (SSSR count). The Balaban J connectivity index is 1.09. The molecule has 284 valence electrons. The first kappa shape index (κ1) is 37.0. The topological polar surface area (TPSA) is 143 Å². The molecule has 4 aromatic rings. The van der Waals surface area contributed by atoms with E-state index >= 15 is 8.78 Å². The zero-order valence-corrected chi connectivity index (χ0v) is 31.3. The van der Waals surface area contributed by atoms with Gasteiger partial charge < -0.3 is 34.1 Å². The highest BCUT2D eigenvalue weighted by Crippen LogP contribution is 2.40. The molecule has 2 aromatic carbocycles. The largest absolute Gasteiger partial charge is 0.496 e. The summed E-state index contributed by atoms with van der Waals surface area (Å²) in [5.41, 5.74) is 3.27. The number of halogens is 2. The van der Waals surface area contributed by atoms with Gasteiger partial charge in [-0.05, 0) is 68.4 Å². The molecule has 54 heavy (non-hydrogen) atoms. The zero-order valence-electron chi connectivity index (χ0n) is 30.5. The maximum absolute atomic E-state index is 15.8. The molecule has 2 atom stereocenters. The van der Waals surface area contributed by atoms with E-state index in [0.717, 1.165) is 16.9 Å². The maximum atomic E-state index is 15.8. The van der Waals surface area contributed by atoms with Crippen LogP contribution < -0.4 is 30.6 Å². The van der Waals surface area contributed by atoms with Crippen LogP contribution >= 0.6 is 11.3 Å².